The Morgan fingerprint density at radius 2 is 2.14 bits per heavy atom. The number of rotatable bonds is 6. The number of aryl methyl sites for hydroxylation is 1. The topological polar surface area (TPSA) is 72.5 Å². The number of hydrogen-bond acceptors (Lipinski definition) is 4. The van der Waals surface area contributed by atoms with Crippen LogP contribution in [-0.2, 0) is 18.3 Å². The predicted molar refractivity (Wildman–Crippen MR) is 106 cm³/mol. The van der Waals surface area contributed by atoms with Crippen molar-refractivity contribution in [2.75, 3.05) is 18.5 Å². The molecule has 7 heteroatoms. The highest BCUT2D eigenvalue weighted by Gasteiger charge is 2.24. The van der Waals surface area contributed by atoms with E-state index in [0.717, 1.165) is 25.0 Å². The number of carbonyl (C=O) groups is 1. The Hall–Kier alpha value is -3.06. The number of urea groups is 1. The lowest BCUT2D eigenvalue weighted by Gasteiger charge is -2.25. The standard InChI is InChI=1S/C21H24N4O3/c1-24-20(13-18(23-24)19-10-6-12-28-19)22-21(26)25(15-17-9-5-11-27-17)14-16-7-3-2-4-8-16/h2-4,6-8,10,12-13,17H,5,9,11,14-15H2,1H3,(H,22,26)/t17-/m0/s1. The Bertz CT molecular complexity index is 899. The molecule has 2 amide bonds. The molecule has 2 aromatic heterocycles. The van der Waals surface area contributed by atoms with Gasteiger partial charge in [-0.2, -0.15) is 5.10 Å². The molecule has 4 rings (SSSR count). The molecule has 1 aliphatic rings. The lowest BCUT2D eigenvalue weighted by molar-refractivity contribution is 0.0819. The van der Waals surface area contributed by atoms with E-state index < -0.39 is 0 Å². The van der Waals surface area contributed by atoms with Gasteiger partial charge in [-0.1, -0.05) is 30.3 Å². The number of furan rings is 1. The highest BCUT2D eigenvalue weighted by Crippen LogP contribution is 2.22. The summed E-state index contributed by atoms with van der Waals surface area (Å²) in [4.78, 5) is 14.8. The number of anilines is 1. The minimum Gasteiger partial charge on any atom is -0.463 e. The van der Waals surface area contributed by atoms with Gasteiger partial charge in [0, 0.05) is 32.8 Å². The summed E-state index contributed by atoms with van der Waals surface area (Å²) in [7, 11) is 1.80. The molecule has 1 aliphatic heterocycles. The van der Waals surface area contributed by atoms with Gasteiger partial charge in [0.1, 0.15) is 11.5 Å². The lowest BCUT2D eigenvalue weighted by Crippen LogP contribution is -2.40. The lowest BCUT2D eigenvalue weighted by atomic mass is 10.2. The maximum absolute atomic E-state index is 13.0. The molecule has 0 radical (unpaired) electrons. The summed E-state index contributed by atoms with van der Waals surface area (Å²) in [5.41, 5.74) is 1.76. The molecule has 1 fully saturated rings. The second-order valence-corrected chi connectivity index (χ2v) is 6.95. The molecule has 0 spiro atoms. The monoisotopic (exact) mass is 380 g/mol. The number of amides is 2. The molecule has 3 aromatic rings. The van der Waals surface area contributed by atoms with E-state index in [-0.39, 0.29) is 12.1 Å². The Morgan fingerprint density at radius 1 is 1.29 bits per heavy atom. The highest BCUT2D eigenvalue weighted by molar-refractivity contribution is 5.89. The van der Waals surface area contributed by atoms with Crippen molar-refractivity contribution < 1.29 is 13.9 Å². The van der Waals surface area contributed by atoms with Gasteiger partial charge in [0.15, 0.2) is 5.76 Å². The van der Waals surface area contributed by atoms with E-state index in [2.05, 4.69) is 10.4 Å². The van der Waals surface area contributed by atoms with Crippen molar-refractivity contribution in [2.24, 2.45) is 7.05 Å². The molecule has 28 heavy (non-hydrogen) atoms. The maximum atomic E-state index is 13.0. The van der Waals surface area contributed by atoms with E-state index in [4.69, 9.17) is 9.15 Å². The van der Waals surface area contributed by atoms with E-state index in [9.17, 15) is 4.79 Å². The van der Waals surface area contributed by atoms with E-state index in [0.29, 0.717) is 30.4 Å². The van der Waals surface area contributed by atoms with Crippen LogP contribution < -0.4 is 5.32 Å². The van der Waals surface area contributed by atoms with Crippen LogP contribution in [0.5, 0.6) is 0 Å². The van der Waals surface area contributed by atoms with Crippen LogP contribution in [0.2, 0.25) is 0 Å². The van der Waals surface area contributed by atoms with Crippen LogP contribution in [0.1, 0.15) is 18.4 Å². The van der Waals surface area contributed by atoms with E-state index in [1.807, 2.05) is 48.5 Å². The van der Waals surface area contributed by atoms with Crippen LogP contribution >= 0.6 is 0 Å². The van der Waals surface area contributed by atoms with Crippen LogP contribution in [-0.4, -0.2) is 40.0 Å². The molecule has 0 bridgehead atoms. The van der Waals surface area contributed by atoms with Crippen molar-refractivity contribution in [2.45, 2.75) is 25.5 Å². The molecule has 1 aromatic carbocycles. The number of carbonyl (C=O) groups excluding carboxylic acids is 1. The molecule has 0 saturated carbocycles. The van der Waals surface area contributed by atoms with Crippen molar-refractivity contribution in [3.05, 3.63) is 60.4 Å². The number of nitrogens with zero attached hydrogens (tertiary/aromatic N) is 3. The second kappa shape index (κ2) is 8.31. The van der Waals surface area contributed by atoms with Gasteiger partial charge in [-0.05, 0) is 30.5 Å². The number of aromatic nitrogens is 2. The van der Waals surface area contributed by atoms with Gasteiger partial charge in [-0.15, -0.1) is 0 Å². The fourth-order valence-corrected chi connectivity index (χ4v) is 3.37. The Morgan fingerprint density at radius 3 is 2.86 bits per heavy atom. The van der Waals surface area contributed by atoms with Gasteiger partial charge in [-0.25, -0.2) is 4.79 Å². The third-order valence-corrected chi connectivity index (χ3v) is 4.84. The summed E-state index contributed by atoms with van der Waals surface area (Å²) >= 11 is 0. The second-order valence-electron chi connectivity index (χ2n) is 6.95. The zero-order chi connectivity index (χ0) is 19.3. The minimum absolute atomic E-state index is 0.0830. The van der Waals surface area contributed by atoms with Crippen LogP contribution in [0.15, 0.2) is 59.2 Å². The molecular formula is C21H24N4O3. The molecule has 3 heterocycles. The first kappa shape index (κ1) is 18.3. The Balaban J connectivity index is 1.50. The number of hydrogen-bond donors (Lipinski definition) is 1. The zero-order valence-electron chi connectivity index (χ0n) is 15.9. The van der Waals surface area contributed by atoms with Gasteiger partial charge in [0.2, 0.25) is 0 Å². The molecular weight excluding hydrogens is 356 g/mol. The highest BCUT2D eigenvalue weighted by atomic mass is 16.5. The summed E-state index contributed by atoms with van der Waals surface area (Å²) in [5, 5.41) is 7.39. The first-order valence-corrected chi connectivity index (χ1v) is 9.48. The smallest absolute Gasteiger partial charge is 0.323 e. The first-order valence-electron chi connectivity index (χ1n) is 9.48. The Kier molecular flexibility index (Phi) is 5.43. The molecule has 7 nitrogen and oxygen atoms in total. The average molecular weight is 380 g/mol. The largest absolute Gasteiger partial charge is 0.463 e. The first-order chi connectivity index (χ1) is 13.7. The van der Waals surface area contributed by atoms with Gasteiger partial charge < -0.3 is 14.1 Å². The van der Waals surface area contributed by atoms with Gasteiger partial charge in [-0.3, -0.25) is 10.00 Å². The van der Waals surface area contributed by atoms with Gasteiger partial charge >= 0.3 is 6.03 Å². The van der Waals surface area contributed by atoms with E-state index in [1.165, 1.54) is 0 Å². The summed E-state index contributed by atoms with van der Waals surface area (Å²) in [6, 6.07) is 15.3. The van der Waals surface area contributed by atoms with Crippen molar-refractivity contribution in [3.63, 3.8) is 0 Å². The van der Waals surface area contributed by atoms with Gasteiger partial charge in [0.05, 0.1) is 12.4 Å². The fraction of sp³-hybridized carbons (Fsp3) is 0.333. The van der Waals surface area contributed by atoms with Crippen molar-refractivity contribution in [3.8, 4) is 11.5 Å². The normalized spacial score (nSPS) is 16.2. The van der Waals surface area contributed by atoms with Gasteiger partial charge in [0.25, 0.3) is 0 Å². The number of ether oxygens (including phenoxy) is 1. The maximum Gasteiger partial charge on any atom is 0.323 e. The van der Waals surface area contributed by atoms with Crippen LogP contribution in [0.4, 0.5) is 10.6 Å². The zero-order valence-corrected chi connectivity index (χ0v) is 15.9. The predicted octanol–water partition coefficient (Wildman–Crippen LogP) is 3.89. The SMILES string of the molecule is Cn1nc(-c2ccco2)cc1NC(=O)N(Cc1ccccc1)C[C@@H]1CCCO1. The number of nitrogens with one attached hydrogen (secondary N) is 1. The van der Waals surface area contributed by atoms with Crippen LogP contribution in [0.25, 0.3) is 11.5 Å². The molecule has 0 unspecified atom stereocenters. The summed E-state index contributed by atoms with van der Waals surface area (Å²) in [6.07, 6.45) is 3.71. The number of benzene rings is 1. The molecule has 1 atom stereocenters. The minimum atomic E-state index is -0.173. The van der Waals surface area contributed by atoms with Crippen LogP contribution in [0.3, 0.4) is 0 Å². The third-order valence-electron chi connectivity index (χ3n) is 4.84. The van der Waals surface area contributed by atoms with Crippen molar-refractivity contribution in [1.82, 2.24) is 14.7 Å². The Labute approximate surface area is 163 Å². The van der Waals surface area contributed by atoms with E-state index >= 15 is 0 Å². The average Bonchev–Trinajstić information content (AvgIpc) is 3.45. The third kappa shape index (κ3) is 4.26. The molecule has 1 N–H and O–H groups in total. The molecule has 0 aliphatic carbocycles. The van der Waals surface area contributed by atoms with Crippen molar-refractivity contribution >= 4 is 11.8 Å². The molecule has 1 saturated heterocycles. The fourth-order valence-electron chi connectivity index (χ4n) is 3.37. The van der Waals surface area contributed by atoms with Crippen LogP contribution in [0, 0.1) is 0 Å². The van der Waals surface area contributed by atoms with Crippen molar-refractivity contribution in [1.29, 1.82) is 0 Å². The van der Waals surface area contributed by atoms with E-state index in [1.54, 1.807) is 22.9 Å². The summed E-state index contributed by atoms with van der Waals surface area (Å²) in [6.45, 7) is 1.85. The molecule has 146 valence electrons. The summed E-state index contributed by atoms with van der Waals surface area (Å²) in [5.74, 6) is 1.28. The summed E-state index contributed by atoms with van der Waals surface area (Å²) < 4.78 is 12.8. The quantitative estimate of drug-likeness (QED) is 0.704.